The second kappa shape index (κ2) is 14.9. The van der Waals surface area contributed by atoms with Crippen LogP contribution in [0, 0.1) is 17.5 Å². The van der Waals surface area contributed by atoms with E-state index in [1.54, 1.807) is 29.2 Å². The molecule has 1 heterocycles. The van der Waals surface area contributed by atoms with Crippen LogP contribution in [0.2, 0.25) is 5.02 Å². The van der Waals surface area contributed by atoms with Crippen LogP contribution in [0.5, 0.6) is 5.75 Å². The average Bonchev–Trinajstić information content (AvgIpc) is 3.90. The summed E-state index contributed by atoms with van der Waals surface area (Å²) in [6.45, 7) is 0.808. The van der Waals surface area contributed by atoms with Crippen LogP contribution in [0.1, 0.15) is 36.0 Å². The highest BCUT2D eigenvalue weighted by molar-refractivity contribution is 6.31. The summed E-state index contributed by atoms with van der Waals surface area (Å²) in [5, 5.41) is 6.18. The number of methoxy groups -OCH3 is 1. The molecule has 46 heavy (non-hydrogen) atoms. The van der Waals surface area contributed by atoms with E-state index in [9.17, 15) is 27.6 Å². The summed E-state index contributed by atoms with van der Waals surface area (Å²) >= 11 is 6.52. The maximum atomic E-state index is 14.1. The Morgan fingerprint density at radius 2 is 1.76 bits per heavy atom. The number of alkyl carbamates (subject to hydrolysis) is 1. The highest BCUT2D eigenvalue weighted by atomic mass is 35.5. The summed E-state index contributed by atoms with van der Waals surface area (Å²) in [6, 6.07) is 13.3. The van der Waals surface area contributed by atoms with E-state index >= 15 is 0 Å². The molecule has 0 spiro atoms. The van der Waals surface area contributed by atoms with Gasteiger partial charge in [0.1, 0.15) is 6.04 Å². The number of nitrogens with zero attached hydrogens (tertiary/aromatic N) is 2. The molecule has 2 fully saturated rings. The number of ether oxygens (including phenoxy) is 2. The van der Waals surface area contributed by atoms with Gasteiger partial charge in [0.05, 0.1) is 20.3 Å². The summed E-state index contributed by atoms with van der Waals surface area (Å²) in [4.78, 5) is 42.0. The third-order valence-electron chi connectivity index (χ3n) is 7.90. The summed E-state index contributed by atoms with van der Waals surface area (Å²) in [5.74, 6) is -4.70. The number of nitrogens with one attached hydrogen (secondary N) is 2. The largest absolute Gasteiger partial charge is 0.488 e. The molecule has 1 aliphatic heterocycles. The Morgan fingerprint density at radius 3 is 2.48 bits per heavy atom. The van der Waals surface area contributed by atoms with E-state index in [2.05, 4.69) is 15.4 Å². The third-order valence-corrected chi connectivity index (χ3v) is 8.26. The molecule has 13 heteroatoms. The number of carbonyl (C=O) groups is 3. The van der Waals surface area contributed by atoms with E-state index < -0.39 is 35.3 Å². The molecule has 0 aromatic heterocycles. The monoisotopic (exact) mass is 658 g/mol. The Kier molecular flexibility index (Phi) is 10.7. The van der Waals surface area contributed by atoms with Gasteiger partial charge in [-0.15, -0.1) is 0 Å². The minimum absolute atomic E-state index is 0.0261. The molecule has 0 bridgehead atoms. The SMILES string of the molecule is COC(=O)NCc1ccc(Cl)c(CN(C(=O)[C@H]2CNCC(=O)N2c2ccc(CCCOc3c(F)ccc(F)c3F)cc2)C2CC2)c1. The van der Waals surface area contributed by atoms with E-state index in [0.717, 1.165) is 35.6 Å². The number of benzene rings is 3. The van der Waals surface area contributed by atoms with Crippen LogP contribution in [-0.4, -0.2) is 61.7 Å². The summed E-state index contributed by atoms with van der Waals surface area (Å²) in [7, 11) is 1.28. The first kappa shape index (κ1) is 33.1. The zero-order valence-corrected chi connectivity index (χ0v) is 25.9. The van der Waals surface area contributed by atoms with Gasteiger partial charge in [-0.25, -0.2) is 13.6 Å². The maximum absolute atomic E-state index is 14.1. The van der Waals surface area contributed by atoms with Crippen molar-refractivity contribution in [1.82, 2.24) is 15.5 Å². The molecule has 2 aliphatic rings. The van der Waals surface area contributed by atoms with Crippen molar-refractivity contribution >= 4 is 35.2 Å². The zero-order chi connectivity index (χ0) is 32.8. The molecule has 2 N–H and O–H groups in total. The molecule has 1 aliphatic carbocycles. The number of aryl methyl sites for hydroxylation is 1. The maximum Gasteiger partial charge on any atom is 0.407 e. The standard InChI is InChI=1S/C33H34ClF3N4O5/c1-45-33(44)39-16-21-6-11-25(34)22(15-21)19-40(23-9-10-23)32(43)28-17-38-18-29(42)41(28)24-7-4-20(5-8-24)3-2-14-46-31-27(36)13-12-26(35)30(31)37/h4-8,11-13,15,23,28,38H,2-3,9-10,14,16-19H2,1H3,(H,39,44)/t28-/m1/s1. The van der Waals surface area contributed by atoms with Crippen LogP contribution in [0.15, 0.2) is 54.6 Å². The van der Waals surface area contributed by atoms with Gasteiger partial charge < -0.3 is 25.0 Å². The lowest BCUT2D eigenvalue weighted by atomic mass is 10.1. The molecule has 3 aromatic rings. The first-order chi connectivity index (χ1) is 22.2. The molecule has 0 radical (unpaired) electrons. The van der Waals surface area contributed by atoms with Crippen molar-refractivity contribution in [3.63, 3.8) is 0 Å². The van der Waals surface area contributed by atoms with Crippen LogP contribution in [-0.2, 0) is 33.8 Å². The van der Waals surface area contributed by atoms with Gasteiger partial charge in [0.2, 0.25) is 17.6 Å². The van der Waals surface area contributed by atoms with Crippen molar-refractivity contribution in [2.24, 2.45) is 0 Å². The number of piperazine rings is 1. The van der Waals surface area contributed by atoms with E-state index in [-0.39, 0.29) is 50.6 Å². The van der Waals surface area contributed by atoms with Gasteiger partial charge in [-0.1, -0.05) is 35.9 Å². The van der Waals surface area contributed by atoms with Gasteiger partial charge in [0.25, 0.3) is 0 Å². The Morgan fingerprint density at radius 1 is 1.04 bits per heavy atom. The van der Waals surface area contributed by atoms with Crippen LogP contribution in [0.25, 0.3) is 0 Å². The molecule has 1 atom stereocenters. The van der Waals surface area contributed by atoms with Gasteiger partial charge in [-0.3, -0.25) is 14.5 Å². The van der Waals surface area contributed by atoms with E-state index in [1.165, 1.54) is 12.0 Å². The predicted octanol–water partition coefficient (Wildman–Crippen LogP) is 5.12. The number of amides is 3. The minimum Gasteiger partial charge on any atom is -0.488 e. The Labute approximate surface area is 269 Å². The number of halogens is 4. The summed E-state index contributed by atoms with van der Waals surface area (Å²) in [5.41, 5.74) is 2.97. The second-order valence-corrected chi connectivity index (χ2v) is 11.6. The molecular weight excluding hydrogens is 625 g/mol. The molecule has 1 saturated carbocycles. The van der Waals surface area contributed by atoms with Crippen LogP contribution in [0.3, 0.4) is 0 Å². The van der Waals surface area contributed by atoms with Crippen LogP contribution >= 0.6 is 11.6 Å². The Balaban J connectivity index is 1.25. The molecule has 5 rings (SSSR count). The first-order valence-corrected chi connectivity index (χ1v) is 15.3. The third kappa shape index (κ3) is 7.91. The fourth-order valence-electron chi connectivity index (χ4n) is 5.36. The van der Waals surface area contributed by atoms with Crippen LogP contribution < -0.4 is 20.3 Å². The number of rotatable bonds is 12. The summed E-state index contributed by atoms with van der Waals surface area (Å²) in [6.07, 6.45) is 2.04. The lowest BCUT2D eigenvalue weighted by Crippen LogP contribution is -2.61. The molecule has 1 saturated heterocycles. The molecule has 3 aromatic carbocycles. The minimum atomic E-state index is -1.36. The number of anilines is 1. The fraction of sp³-hybridized carbons (Fsp3) is 0.364. The zero-order valence-electron chi connectivity index (χ0n) is 25.2. The van der Waals surface area contributed by atoms with Crippen molar-refractivity contribution in [2.75, 3.05) is 31.7 Å². The lowest BCUT2D eigenvalue weighted by molar-refractivity contribution is -0.136. The summed E-state index contributed by atoms with van der Waals surface area (Å²) < 4.78 is 50.8. The van der Waals surface area contributed by atoms with Gasteiger partial charge in [0, 0.05) is 36.4 Å². The molecular formula is C33H34ClF3N4O5. The highest BCUT2D eigenvalue weighted by Crippen LogP contribution is 2.32. The van der Waals surface area contributed by atoms with E-state index in [4.69, 9.17) is 16.3 Å². The molecule has 9 nitrogen and oxygen atoms in total. The second-order valence-electron chi connectivity index (χ2n) is 11.2. The van der Waals surface area contributed by atoms with Crippen molar-refractivity contribution in [3.8, 4) is 5.75 Å². The highest BCUT2D eigenvalue weighted by Gasteiger charge is 2.41. The van der Waals surface area contributed by atoms with Crippen LogP contribution in [0.4, 0.5) is 23.7 Å². The number of hydrogen-bond acceptors (Lipinski definition) is 6. The fourth-order valence-corrected chi connectivity index (χ4v) is 5.53. The molecule has 244 valence electrons. The normalized spacial score (nSPS) is 16.2. The first-order valence-electron chi connectivity index (χ1n) is 14.9. The van der Waals surface area contributed by atoms with Gasteiger partial charge >= 0.3 is 6.09 Å². The predicted molar refractivity (Wildman–Crippen MR) is 165 cm³/mol. The number of carbonyl (C=O) groups excluding carboxylic acids is 3. The quantitative estimate of drug-likeness (QED) is 0.207. The van der Waals surface area contributed by atoms with Crippen molar-refractivity contribution in [2.45, 2.75) is 50.9 Å². The lowest BCUT2D eigenvalue weighted by Gasteiger charge is -2.38. The van der Waals surface area contributed by atoms with Gasteiger partial charge in [-0.2, -0.15) is 4.39 Å². The molecule has 0 unspecified atom stereocenters. The van der Waals surface area contributed by atoms with Crippen molar-refractivity contribution in [1.29, 1.82) is 0 Å². The van der Waals surface area contributed by atoms with Crippen molar-refractivity contribution in [3.05, 3.63) is 93.8 Å². The van der Waals surface area contributed by atoms with Gasteiger partial charge in [0.15, 0.2) is 17.4 Å². The van der Waals surface area contributed by atoms with Crippen molar-refractivity contribution < 1.29 is 37.0 Å². The number of hydrogen-bond donors (Lipinski definition) is 2. The topological polar surface area (TPSA) is 100 Å². The Hall–Kier alpha value is -4.29. The smallest absolute Gasteiger partial charge is 0.407 e. The molecule has 3 amide bonds. The average molecular weight is 659 g/mol. The van der Waals surface area contributed by atoms with E-state index in [1.807, 2.05) is 18.2 Å². The van der Waals surface area contributed by atoms with Gasteiger partial charge in [-0.05, 0) is 72.7 Å². The van der Waals surface area contributed by atoms with E-state index in [0.29, 0.717) is 29.6 Å². The Bertz CT molecular complexity index is 1590.